The largest absolute Gasteiger partial charge is 0.324 e. The zero-order valence-corrected chi connectivity index (χ0v) is 14.5. The molecule has 1 aliphatic heterocycles. The molecule has 5 heteroatoms. The summed E-state index contributed by atoms with van der Waals surface area (Å²) in [6.45, 7) is 5.97. The molecule has 0 aromatic heterocycles. The normalized spacial score (nSPS) is 18.0. The first kappa shape index (κ1) is 17.0. The van der Waals surface area contributed by atoms with E-state index in [0.717, 1.165) is 35.7 Å². The number of para-hydroxylation sites is 1. The maximum atomic E-state index is 11.7. The Balaban J connectivity index is 2.23. The van der Waals surface area contributed by atoms with E-state index in [1.165, 1.54) is 0 Å². The first-order chi connectivity index (χ1) is 12.2. The Labute approximate surface area is 147 Å². The van der Waals surface area contributed by atoms with Gasteiger partial charge in [0.15, 0.2) is 6.17 Å². The molecule has 3 rings (SSSR count). The second-order valence-electron chi connectivity index (χ2n) is 6.01. The summed E-state index contributed by atoms with van der Waals surface area (Å²) in [7, 11) is 0. The summed E-state index contributed by atoms with van der Waals surface area (Å²) < 4.78 is 0.605. The van der Waals surface area contributed by atoms with Crippen molar-refractivity contribution in [2.45, 2.75) is 20.0 Å². The van der Waals surface area contributed by atoms with E-state index in [-0.39, 0.29) is 6.29 Å². The van der Waals surface area contributed by atoms with Gasteiger partial charge in [0.1, 0.15) is 5.69 Å². The number of amides is 1. The molecule has 0 saturated heterocycles. The molecular weight excluding hydrogens is 314 g/mol. The van der Waals surface area contributed by atoms with Gasteiger partial charge in [-0.15, -0.1) is 0 Å². The molecule has 1 N–H and O–H groups in total. The van der Waals surface area contributed by atoms with E-state index < -0.39 is 12.1 Å². The van der Waals surface area contributed by atoms with Crippen molar-refractivity contribution < 1.29 is 9.59 Å². The van der Waals surface area contributed by atoms with Gasteiger partial charge in [-0.2, -0.15) is 0 Å². The van der Waals surface area contributed by atoms with Crippen LogP contribution >= 0.6 is 0 Å². The molecule has 0 radical (unpaired) electrons. The number of aldehydes is 1. The molecule has 0 saturated carbocycles. The van der Waals surface area contributed by atoms with Crippen LogP contribution in [0, 0.1) is 0 Å². The molecule has 2 aromatic rings. The van der Waals surface area contributed by atoms with Crippen LogP contribution in [0.15, 0.2) is 59.6 Å². The third-order valence-corrected chi connectivity index (χ3v) is 4.85. The molecule has 2 aromatic carbocycles. The van der Waals surface area contributed by atoms with Crippen molar-refractivity contribution in [1.82, 2.24) is 9.80 Å². The lowest BCUT2D eigenvalue weighted by Crippen LogP contribution is -2.57. The van der Waals surface area contributed by atoms with Gasteiger partial charge < -0.3 is 5.32 Å². The van der Waals surface area contributed by atoms with Crippen LogP contribution in [0.3, 0.4) is 0 Å². The van der Waals surface area contributed by atoms with Crippen LogP contribution in [0.25, 0.3) is 0 Å². The van der Waals surface area contributed by atoms with Crippen molar-refractivity contribution >= 4 is 23.7 Å². The molecule has 25 heavy (non-hydrogen) atoms. The number of fused-ring (bicyclic) bond motifs is 1. The summed E-state index contributed by atoms with van der Waals surface area (Å²) in [5, 5.41) is 2.71. The average molecular weight is 336 g/mol. The number of hydrogen-bond donors (Lipinski definition) is 1. The predicted molar refractivity (Wildman–Crippen MR) is 99.2 cm³/mol. The minimum Gasteiger partial charge on any atom is -0.324 e. The lowest BCUT2D eigenvalue weighted by molar-refractivity contribution is -0.131. The summed E-state index contributed by atoms with van der Waals surface area (Å²) in [6, 6.07) is 18.0. The molecule has 1 unspecified atom stereocenters. The molecule has 0 bridgehead atoms. The van der Waals surface area contributed by atoms with Gasteiger partial charge in [0.05, 0.1) is 24.2 Å². The van der Waals surface area contributed by atoms with Gasteiger partial charge in [0, 0.05) is 6.07 Å². The van der Waals surface area contributed by atoms with Gasteiger partial charge in [-0.25, -0.2) is 9.48 Å². The summed E-state index contributed by atoms with van der Waals surface area (Å²) >= 11 is 0. The van der Waals surface area contributed by atoms with Crippen molar-refractivity contribution in [2.24, 2.45) is 4.99 Å². The first-order valence-electron chi connectivity index (χ1n) is 8.52. The standard InChI is InChI=1S/C20H21N3O2/c1-3-23(4-2)17-13-9-8-12-16(17)19(21-18(25)14-24)22-20(23)15-10-6-5-7-11-15/h5-14,19H,3-4H2,1-2H3/p+1. The fourth-order valence-electron chi connectivity index (χ4n) is 3.58. The topological polar surface area (TPSA) is 58.5 Å². The smallest absolute Gasteiger partial charge is 0.286 e. The highest BCUT2D eigenvalue weighted by atomic mass is 16.2. The minimum atomic E-state index is -0.663. The number of rotatable bonds is 5. The zero-order valence-electron chi connectivity index (χ0n) is 14.5. The fraction of sp³-hybridized carbons (Fsp3) is 0.250. The van der Waals surface area contributed by atoms with Gasteiger partial charge in [-0.05, 0) is 32.0 Å². The lowest BCUT2D eigenvalue weighted by atomic mass is 10.0. The Morgan fingerprint density at radius 1 is 1.08 bits per heavy atom. The fourth-order valence-corrected chi connectivity index (χ4v) is 3.58. The van der Waals surface area contributed by atoms with E-state index in [0.29, 0.717) is 4.48 Å². The van der Waals surface area contributed by atoms with Crippen LogP contribution in [0.2, 0.25) is 0 Å². The molecular formula is C20H22N3O2+. The molecule has 0 spiro atoms. The summed E-state index contributed by atoms with van der Waals surface area (Å²) in [4.78, 5) is 27.4. The van der Waals surface area contributed by atoms with Crippen LogP contribution in [0.5, 0.6) is 0 Å². The Morgan fingerprint density at radius 2 is 1.72 bits per heavy atom. The number of nitrogens with zero attached hydrogens (tertiary/aromatic N) is 2. The van der Waals surface area contributed by atoms with E-state index >= 15 is 0 Å². The molecule has 1 atom stereocenters. The third kappa shape index (κ3) is 2.87. The van der Waals surface area contributed by atoms with Crippen LogP contribution in [-0.4, -0.2) is 31.1 Å². The number of hydrogen-bond acceptors (Lipinski definition) is 3. The van der Waals surface area contributed by atoms with Crippen LogP contribution in [0.4, 0.5) is 5.69 Å². The van der Waals surface area contributed by atoms with Crippen LogP contribution < -0.4 is 9.80 Å². The highest BCUT2D eigenvalue weighted by Gasteiger charge is 2.42. The number of carbonyl (C=O) groups excluding carboxylic acids is 2. The van der Waals surface area contributed by atoms with Crippen molar-refractivity contribution in [3.63, 3.8) is 0 Å². The van der Waals surface area contributed by atoms with Gasteiger partial charge in [-0.3, -0.25) is 9.59 Å². The SMILES string of the molecule is CC[N+]1(CC)C(c2ccccc2)=NC(NC(=O)C=O)c2ccccc21. The summed E-state index contributed by atoms with van der Waals surface area (Å²) in [5.74, 6) is 0.240. The van der Waals surface area contributed by atoms with Crippen molar-refractivity contribution in [3.05, 3.63) is 65.7 Å². The molecule has 0 aliphatic carbocycles. The molecule has 1 heterocycles. The Morgan fingerprint density at radius 3 is 2.36 bits per heavy atom. The van der Waals surface area contributed by atoms with E-state index in [9.17, 15) is 9.59 Å². The molecule has 1 aliphatic rings. The maximum absolute atomic E-state index is 11.7. The number of aliphatic imine (C=N–C) groups is 1. The Bertz CT molecular complexity index is 811. The van der Waals surface area contributed by atoms with Gasteiger partial charge in [0.2, 0.25) is 12.1 Å². The number of benzene rings is 2. The second-order valence-corrected chi connectivity index (χ2v) is 6.01. The predicted octanol–water partition coefficient (Wildman–Crippen LogP) is 2.81. The molecule has 5 nitrogen and oxygen atoms in total. The van der Waals surface area contributed by atoms with E-state index in [1.807, 2.05) is 48.5 Å². The van der Waals surface area contributed by atoms with Gasteiger partial charge in [0.25, 0.3) is 5.91 Å². The highest BCUT2D eigenvalue weighted by molar-refractivity contribution is 6.23. The van der Waals surface area contributed by atoms with Crippen molar-refractivity contribution in [1.29, 1.82) is 0 Å². The van der Waals surface area contributed by atoms with Crippen LogP contribution in [-0.2, 0) is 9.59 Å². The first-order valence-corrected chi connectivity index (χ1v) is 8.52. The van der Waals surface area contributed by atoms with E-state index in [4.69, 9.17) is 4.99 Å². The molecule has 0 fully saturated rings. The quantitative estimate of drug-likeness (QED) is 0.518. The van der Waals surface area contributed by atoms with Gasteiger partial charge >= 0.3 is 0 Å². The maximum Gasteiger partial charge on any atom is 0.286 e. The molecule has 128 valence electrons. The zero-order chi connectivity index (χ0) is 17.9. The highest BCUT2D eigenvalue weighted by Crippen LogP contribution is 2.38. The third-order valence-electron chi connectivity index (χ3n) is 4.85. The lowest BCUT2D eigenvalue weighted by Gasteiger charge is -2.41. The number of quaternary nitrogens is 1. The Kier molecular flexibility index (Phi) is 4.76. The summed E-state index contributed by atoms with van der Waals surface area (Å²) in [5.41, 5.74) is 3.06. The van der Waals surface area contributed by atoms with Crippen molar-refractivity contribution in [3.8, 4) is 0 Å². The minimum absolute atomic E-state index is 0.288. The van der Waals surface area contributed by atoms with Crippen LogP contribution in [0.1, 0.15) is 31.1 Å². The van der Waals surface area contributed by atoms with E-state index in [1.54, 1.807) is 0 Å². The monoisotopic (exact) mass is 336 g/mol. The molecule has 1 amide bonds. The Hall–Kier alpha value is -2.79. The second kappa shape index (κ2) is 6.99. The average Bonchev–Trinajstić information content (AvgIpc) is 2.68. The number of carbonyl (C=O) groups is 2. The van der Waals surface area contributed by atoms with Gasteiger partial charge in [-0.1, -0.05) is 30.3 Å². The van der Waals surface area contributed by atoms with E-state index in [2.05, 4.69) is 25.2 Å². The van der Waals surface area contributed by atoms with Crippen molar-refractivity contribution in [2.75, 3.05) is 13.1 Å². The number of nitrogens with one attached hydrogen (secondary N) is 1. The number of amidine groups is 1. The summed E-state index contributed by atoms with van der Waals surface area (Å²) in [6.07, 6.45) is -0.273.